The Hall–Kier alpha value is -0.780. The van der Waals surface area contributed by atoms with Crippen molar-refractivity contribution in [2.75, 3.05) is 26.2 Å². The summed E-state index contributed by atoms with van der Waals surface area (Å²) in [5, 5.41) is 3.22. The number of halogens is 2. The largest absolute Gasteiger partial charge is 0.481 e. The van der Waals surface area contributed by atoms with Crippen molar-refractivity contribution in [3.05, 3.63) is 28.7 Å². The zero-order valence-electron chi connectivity index (χ0n) is 10.8. The third-order valence-corrected chi connectivity index (χ3v) is 3.43. The average Bonchev–Trinajstić information content (AvgIpc) is 2.41. The molecule has 1 aromatic carbocycles. The molecule has 1 aromatic rings. The molecule has 1 fully saturated rings. The normalized spacial score (nSPS) is 16.4. The first-order chi connectivity index (χ1) is 8.66. The molecule has 1 heterocycles. The third kappa shape index (κ3) is 4.67. The maximum Gasteiger partial charge on any atom is 0.263 e. The van der Waals surface area contributed by atoms with E-state index in [4.69, 9.17) is 4.74 Å². The smallest absolute Gasteiger partial charge is 0.263 e. The first kappa shape index (κ1) is 16.3. The van der Waals surface area contributed by atoms with Gasteiger partial charge in [-0.05, 0) is 31.2 Å². The fourth-order valence-corrected chi connectivity index (χ4v) is 2.17. The Morgan fingerprint density at radius 1 is 1.32 bits per heavy atom. The summed E-state index contributed by atoms with van der Waals surface area (Å²) in [5.74, 6) is 0.772. The third-order valence-electron chi connectivity index (χ3n) is 2.90. The van der Waals surface area contributed by atoms with Crippen molar-refractivity contribution in [1.29, 1.82) is 0 Å². The van der Waals surface area contributed by atoms with Crippen molar-refractivity contribution in [2.45, 2.75) is 13.0 Å². The number of carbonyl (C=O) groups is 1. The highest BCUT2D eigenvalue weighted by Crippen LogP contribution is 2.17. The minimum atomic E-state index is -0.440. The number of benzene rings is 1. The van der Waals surface area contributed by atoms with E-state index in [-0.39, 0.29) is 18.3 Å². The number of amides is 1. The Balaban J connectivity index is 0.00000180. The van der Waals surface area contributed by atoms with Crippen LogP contribution in [-0.4, -0.2) is 43.1 Å². The highest BCUT2D eigenvalue weighted by atomic mass is 79.9. The molecule has 1 saturated heterocycles. The summed E-state index contributed by atoms with van der Waals surface area (Å²) in [6.07, 6.45) is -0.440. The molecule has 1 aliphatic rings. The molecular weight excluding hydrogens is 332 g/mol. The van der Waals surface area contributed by atoms with E-state index in [0.717, 1.165) is 30.7 Å². The van der Waals surface area contributed by atoms with Crippen molar-refractivity contribution in [1.82, 2.24) is 10.2 Å². The van der Waals surface area contributed by atoms with Gasteiger partial charge in [-0.2, -0.15) is 0 Å². The first-order valence-electron chi connectivity index (χ1n) is 6.08. The Labute approximate surface area is 128 Å². The number of nitrogens with one attached hydrogen (secondary N) is 1. The topological polar surface area (TPSA) is 41.6 Å². The monoisotopic (exact) mass is 348 g/mol. The van der Waals surface area contributed by atoms with Gasteiger partial charge in [0.2, 0.25) is 0 Å². The first-order valence-corrected chi connectivity index (χ1v) is 6.88. The summed E-state index contributed by atoms with van der Waals surface area (Å²) < 4.78 is 6.65. The molecule has 106 valence electrons. The van der Waals surface area contributed by atoms with Gasteiger partial charge in [0.1, 0.15) is 5.75 Å². The zero-order chi connectivity index (χ0) is 13.0. The summed E-state index contributed by atoms with van der Waals surface area (Å²) in [6, 6.07) is 7.51. The van der Waals surface area contributed by atoms with Crippen molar-refractivity contribution < 1.29 is 9.53 Å². The lowest BCUT2D eigenvalue weighted by molar-refractivity contribution is -0.138. The van der Waals surface area contributed by atoms with Crippen LogP contribution in [0.25, 0.3) is 0 Å². The minimum Gasteiger partial charge on any atom is -0.481 e. The lowest BCUT2D eigenvalue weighted by Gasteiger charge is -2.29. The van der Waals surface area contributed by atoms with E-state index in [1.165, 1.54) is 0 Å². The summed E-state index contributed by atoms with van der Waals surface area (Å²) in [6.45, 7) is 5.03. The van der Waals surface area contributed by atoms with E-state index >= 15 is 0 Å². The molecule has 0 aliphatic carbocycles. The molecule has 1 unspecified atom stereocenters. The molecule has 1 aliphatic heterocycles. The molecule has 6 heteroatoms. The predicted octanol–water partition coefficient (Wildman–Crippen LogP) is 2.07. The average molecular weight is 350 g/mol. The van der Waals surface area contributed by atoms with E-state index in [1.807, 2.05) is 29.2 Å². The Kier molecular flexibility index (Phi) is 6.62. The van der Waals surface area contributed by atoms with Gasteiger partial charge in [0.15, 0.2) is 6.10 Å². The molecule has 0 bridgehead atoms. The molecule has 0 radical (unpaired) electrons. The van der Waals surface area contributed by atoms with Gasteiger partial charge >= 0.3 is 0 Å². The van der Waals surface area contributed by atoms with E-state index < -0.39 is 6.10 Å². The highest BCUT2D eigenvalue weighted by Gasteiger charge is 2.23. The SMILES string of the molecule is CC(Oc1ccc(Br)cc1)C(=O)N1CCNCC1.Cl. The van der Waals surface area contributed by atoms with Crippen molar-refractivity contribution >= 4 is 34.2 Å². The summed E-state index contributed by atoms with van der Waals surface area (Å²) >= 11 is 3.37. The summed E-state index contributed by atoms with van der Waals surface area (Å²) in [7, 11) is 0. The molecule has 0 spiro atoms. The molecule has 4 nitrogen and oxygen atoms in total. The number of nitrogens with zero attached hydrogens (tertiary/aromatic N) is 1. The maximum atomic E-state index is 12.1. The predicted molar refractivity (Wildman–Crippen MR) is 80.9 cm³/mol. The van der Waals surface area contributed by atoms with Gasteiger partial charge in [0.05, 0.1) is 0 Å². The van der Waals surface area contributed by atoms with Crippen molar-refractivity contribution in [3.63, 3.8) is 0 Å². The number of piperazine rings is 1. The van der Waals surface area contributed by atoms with Crippen LogP contribution in [0.5, 0.6) is 5.75 Å². The van der Waals surface area contributed by atoms with E-state index in [1.54, 1.807) is 6.92 Å². The Morgan fingerprint density at radius 3 is 2.47 bits per heavy atom. The van der Waals surface area contributed by atoms with Crippen LogP contribution >= 0.6 is 28.3 Å². The fourth-order valence-electron chi connectivity index (χ4n) is 1.91. The van der Waals surface area contributed by atoms with Crippen LogP contribution < -0.4 is 10.1 Å². The van der Waals surface area contributed by atoms with Gasteiger partial charge < -0.3 is 15.0 Å². The fraction of sp³-hybridized carbons (Fsp3) is 0.462. The lowest BCUT2D eigenvalue weighted by Crippen LogP contribution is -2.50. The van der Waals surface area contributed by atoms with Crippen LogP contribution in [0.4, 0.5) is 0 Å². The number of rotatable bonds is 3. The number of hydrogen-bond acceptors (Lipinski definition) is 3. The molecular formula is C13H18BrClN2O2. The van der Waals surface area contributed by atoms with Gasteiger partial charge in [-0.25, -0.2) is 0 Å². The second-order valence-corrected chi connectivity index (χ2v) is 5.20. The Bertz CT molecular complexity index is 408. The molecule has 1 N–H and O–H groups in total. The molecule has 1 amide bonds. The van der Waals surface area contributed by atoms with Crippen LogP contribution in [-0.2, 0) is 4.79 Å². The Morgan fingerprint density at radius 2 is 1.89 bits per heavy atom. The quantitative estimate of drug-likeness (QED) is 0.908. The van der Waals surface area contributed by atoms with Crippen molar-refractivity contribution in [2.24, 2.45) is 0 Å². The molecule has 0 saturated carbocycles. The highest BCUT2D eigenvalue weighted by molar-refractivity contribution is 9.10. The number of hydrogen-bond donors (Lipinski definition) is 1. The van der Waals surface area contributed by atoms with Crippen LogP contribution in [0.3, 0.4) is 0 Å². The minimum absolute atomic E-state index is 0. The van der Waals surface area contributed by atoms with Crippen LogP contribution in [0.2, 0.25) is 0 Å². The zero-order valence-corrected chi connectivity index (χ0v) is 13.2. The molecule has 19 heavy (non-hydrogen) atoms. The standard InChI is InChI=1S/C13H17BrN2O2.ClH/c1-10(13(17)16-8-6-15-7-9-16)18-12-4-2-11(14)3-5-12;/h2-5,10,15H,6-9H2,1H3;1H. The van der Waals surface area contributed by atoms with Gasteiger partial charge in [-0.3, -0.25) is 4.79 Å². The van der Waals surface area contributed by atoms with Crippen LogP contribution in [0.15, 0.2) is 28.7 Å². The van der Waals surface area contributed by atoms with Gasteiger partial charge in [-0.15, -0.1) is 12.4 Å². The maximum absolute atomic E-state index is 12.1. The van der Waals surface area contributed by atoms with E-state index in [2.05, 4.69) is 21.2 Å². The van der Waals surface area contributed by atoms with Crippen LogP contribution in [0.1, 0.15) is 6.92 Å². The van der Waals surface area contributed by atoms with Crippen LogP contribution in [0, 0.1) is 0 Å². The van der Waals surface area contributed by atoms with Gasteiger partial charge in [-0.1, -0.05) is 15.9 Å². The lowest BCUT2D eigenvalue weighted by atomic mass is 10.3. The second kappa shape index (κ2) is 7.72. The molecule has 1 atom stereocenters. The number of carbonyl (C=O) groups excluding carboxylic acids is 1. The van der Waals surface area contributed by atoms with Gasteiger partial charge in [0, 0.05) is 30.7 Å². The summed E-state index contributed by atoms with van der Waals surface area (Å²) in [5.41, 5.74) is 0. The van der Waals surface area contributed by atoms with Crippen molar-refractivity contribution in [3.8, 4) is 5.75 Å². The second-order valence-electron chi connectivity index (χ2n) is 4.29. The molecule has 2 rings (SSSR count). The van der Waals surface area contributed by atoms with E-state index in [0.29, 0.717) is 5.75 Å². The van der Waals surface area contributed by atoms with Gasteiger partial charge in [0.25, 0.3) is 5.91 Å². The molecule has 0 aromatic heterocycles. The van der Waals surface area contributed by atoms with E-state index in [9.17, 15) is 4.79 Å². The number of ether oxygens (including phenoxy) is 1. The summed E-state index contributed by atoms with van der Waals surface area (Å²) in [4.78, 5) is 14.0.